The second-order valence-corrected chi connectivity index (χ2v) is 5.41. The third-order valence-corrected chi connectivity index (χ3v) is 4.21. The van der Waals surface area contributed by atoms with E-state index in [0.29, 0.717) is 5.25 Å². The summed E-state index contributed by atoms with van der Waals surface area (Å²) in [4.78, 5) is 0. The Morgan fingerprint density at radius 3 is 2.75 bits per heavy atom. The van der Waals surface area contributed by atoms with Crippen molar-refractivity contribution in [2.45, 2.75) is 44.4 Å². The van der Waals surface area contributed by atoms with E-state index in [-0.39, 0.29) is 6.04 Å². The van der Waals surface area contributed by atoms with E-state index >= 15 is 0 Å². The average molecular weight is 241 g/mol. The summed E-state index contributed by atoms with van der Waals surface area (Å²) in [5.74, 6) is 1.18. The molecular weight excluding hydrogens is 218 g/mol. The molecule has 0 radical (unpaired) electrons. The van der Waals surface area contributed by atoms with E-state index in [1.54, 1.807) is 0 Å². The van der Waals surface area contributed by atoms with Crippen molar-refractivity contribution in [3.05, 3.63) is 18.0 Å². The maximum Gasteiger partial charge on any atom is 0.0533 e. The molecule has 1 heterocycles. The Balaban J connectivity index is 2.63. The highest BCUT2D eigenvalue weighted by molar-refractivity contribution is 7.99. The van der Waals surface area contributed by atoms with Crippen LogP contribution < -0.4 is 5.73 Å². The van der Waals surface area contributed by atoms with Crippen molar-refractivity contribution < 1.29 is 0 Å². The Morgan fingerprint density at radius 2 is 2.25 bits per heavy atom. The van der Waals surface area contributed by atoms with Gasteiger partial charge in [-0.15, -0.1) is 0 Å². The van der Waals surface area contributed by atoms with E-state index in [1.165, 1.54) is 24.2 Å². The van der Waals surface area contributed by atoms with E-state index < -0.39 is 0 Å². The molecule has 2 unspecified atom stereocenters. The van der Waals surface area contributed by atoms with Crippen molar-refractivity contribution in [1.82, 2.24) is 9.78 Å². The number of aryl methyl sites for hydroxylation is 1. The zero-order valence-electron chi connectivity index (χ0n) is 10.5. The summed E-state index contributed by atoms with van der Waals surface area (Å²) < 4.78 is 1.85. The van der Waals surface area contributed by atoms with Crippen molar-refractivity contribution >= 4 is 11.8 Å². The lowest BCUT2D eigenvalue weighted by Crippen LogP contribution is -2.25. The maximum atomic E-state index is 6.18. The van der Waals surface area contributed by atoms with Crippen molar-refractivity contribution in [2.75, 3.05) is 5.75 Å². The minimum atomic E-state index is 0.228. The smallest absolute Gasteiger partial charge is 0.0533 e. The van der Waals surface area contributed by atoms with Gasteiger partial charge in [-0.2, -0.15) is 16.9 Å². The molecule has 4 heteroatoms. The van der Waals surface area contributed by atoms with Crippen LogP contribution in [0.25, 0.3) is 0 Å². The first-order chi connectivity index (χ1) is 7.69. The van der Waals surface area contributed by atoms with Gasteiger partial charge in [-0.3, -0.25) is 4.68 Å². The molecule has 0 bridgehead atoms. The molecule has 1 aromatic heterocycles. The van der Waals surface area contributed by atoms with Crippen LogP contribution in [0.5, 0.6) is 0 Å². The van der Waals surface area contributed by atoms with Gasteiger partial charge in [0.25, 0.3) is 0 Å². The Hall–Kier alpha value is -0.480. The van der Waals surface area contributed by atoms with Gasteiger partial charge < -0.3 is 5.73 Å². The second-order valence-electron chi connectivity index (χ2n) is 4.16. The number of hydrogen-bond donors (Lipinski definition) is 1. The molecule has 0 aliphatic rings. The lowest BCUT2D eigenvalue weighted by atomic mass is 10.1. The van der Waals surface area contributed by atoms with E-state index in [9.17, 15) is 0 Å². The Labute approximate surface area is 103 Å². The first-order valence-corrected chi connectivity index (χ1v) is 7.09. The zero-order valence-corrected chi connectivity index (χ0v) is 11.3. The standard InChI is InChI=1S/C12H23N3S/c1-4-6-7-16-12(11(13)5-2)10-8-14-15(3)9-10/h8-9,11-12H,4-7,13H2,1-3H3. The van der Waals surface area contributed by atoms with Gasteiger partial charge in [0.2, 0.25) is 0 Å². The van der Waals surface area contributed by atoms with Crippen LogP contribution >= 0.6 is 11.8 Å². The van der Waals surface area contributed by atoms with Crippen molar-refractivity contribution in [3.63, 3.8) is 0 Å². The largest absolute Gasteiger partial charge is 0.326 e. The molecule has 3 nitrogen and oxygen atoms in total. The normalized spacial score (nSPS) is 15.0. The van der Waals surface area contributed by atoms with Gasteiger partial charge in [-0.25, -0.2) is 0 Å². The van der Waals surface area contributed by atoms with Crippen molar-refractivity contribution in [3.8, 4) is 0 Å². The van der Waals surface area contributed by atoms with Crippen molar-refractivity contribution in [1.29, 1.82) is 0 Å². The monoisotopic (exact) mass is 241 g/mol. The van der Waals surface area contributed by atoms with Crippen LogP contribution in [0.4, 0.5) is 0 Å². The van der Waals surface area contributed by atoms with Gasteiger partial charge in [0.15, 0.2) is 0 Å². The molecular formula is C12H23N3S. The summed E-state index contributed by atoms with van der Waals surface area (Å²) in [5.41, 5.74) is 7.44. The van der Waals surface area contributed by atoms with E-state index in [0.717, 1.165) is 6.42 Å². The number of thioether (sulfide) groups is 1. The molecule has 2 atom stereocenters. The van der Waals surface area contributed by atoms with Crippen LogP contribution in [0.2, 0.25) is 0 Å². The van der Waals surface area contributed by atoms with Crippen LogP contribution in [-0.2, 0) is 7.05 Å². The van der Waals surface area contributed by atoms with Gasteiger partial charge >= 0.3 is 0 Å². The third-order valence-electron chi connectivity index (χ3n) is 2.71. The molecule has 0 spiro atoms. The topological polar surface area (TPSA) is 43.8 Å². The molecule has 92 valence electrons. The van der Waals surface area contributed by atoms with Gasteiger partial charge in [-0.1, -0.05) is 20.3 Å². The summed E-state index contributed by atoms with van der Waals surface area (Å²) in [5, 5.41) is 4.62. The summed E-state index contributed by atoms with van der Waals surface area (Å²) in [6.07, 6.45) is 7.54. The molecule has 2 N–H and O–H groups in total. The summed E-state index contributed by atoms with van der Waals surface area (Å²) in [7, 11) is 1.95. The van der Waals surface area contributed by atoms with Crippen LogP contribution in [-0.4, -0.2) is 21.6 Å². The van der Waals surface area contributed by atoms with Crippen molar-refractivity contribution in [2.24, 2.45) is 12.8 Å². The third kappa shape index (κ3) is 3.83. The highest BCUT2D eigenvalue weighted by Gasteiger charge is 2.19. The quantitative estimate of drug-likeness (QED) is 0.747. The van der Waals surface area contributed by atoms with Gasteiger partial charge in [0.1, 0.15) is 0 Å². The fourth-order valence-corrected chi connectivity index (χ4v) is 3.09. The van der Waals surface area contributed by atoms with Crippen LogP contribution in [0.1, 0.15) is 43.9 Å². The molecule has 16 heavy (non-hydrogen) atoms. The highest BCUT2D eigenvalue weighted by Crippen LogP contribution is 2.32. The Morgan fingerprint density at radius 1 is 1.50 bits per heavy atom. The molecule has 1 aromatic rings. The number of rotatable bonds is 7. The lowest BCUT2D eigenvalue weighted by Gasteiger charge is -2.21. The molecule has 0 amide bonds. The number of nitrogens with two attached hydrogens (primary N) is 1. The van der Waals surface area contributed by atoms with Gasteiger partial charge in [0, 0.05) is 30.1 Å². The van der Waals surface area contributed by atoms with Crippen LogP contribution in [0, 0.1) is 0 Å². The van der Waals surface area contributed by atoms with E-state index in [2.05, 4.69) is 25.1 Å². The Kier molecular flexibility index (Phi) is 5.91. The van der Waals surface area contributed by atoms with Crippen LogP contribution in [0.15, 0.2) is 12.4 Å². The molecule has 0 aliphatic heterocycles. The van der Waals surface area contributed by atoms with Gasteiger partial charge in [0.05, 0.1) is 6.20 Å². The summed E-state index contributed by atoms with van der Waals surface area (Å²) in [6, 6.07) is 0.228. The summed E-state index contributed by atoms with van der Waals surface area (Å²) in [6.45, 7) is 4.37. The first-order valence-electron chi connectivity index (χ1n) is 6.04. The molecule has 0 fully saturated rings. The summed E-state index contributed by atoms with van der Waals surface area (Å²) >= 11 is 1.97. The molecule has 0 saturated carbocycles. The fourth-order valence-electron chi connectivity index (χ4n) is 1.62. The lowest BCUT2D eigenvalue weighted by molar-refractivity contribution is 0.633. The number of nitrogens with zero attached hydrogens (tertiary/aromatic N) is 2. The number of aromatic nitrogens is 2. The number of hydrogen-bond acceptors (Lipinski definition) is 3. The SMILES string of the molecule is CCCCSC(c1cnn(C)c1)C(N)CC. The molecule has 0 saturated heterocycles. The predicted octanol–water partition coefficient (Wildman–Crippen LogP) is 2.73. The Bertz CT molecular complexity index is 298. The first kappa shape index (κ1) is 13.6. The zero-order chi connectivity index (χ0) is 12.0. The second kappa shape index (κ2) is 6.97. The minimum absolute atomic E-state index is 0.228. The molecule has 0 aromatic carbocycles. The average Bonchev–Trinajstić information content (AvgIpc) is 2.70. The van der Waals surface area contributed by atoms with Gasteiger partial charge in [-0.05, 0) is 18.6 Å². The van der Waals surface area contributed by atoms with E-state index in [1.807, 2.05) is 29.7 Å². The molecule has 0 aliphatic carbocycles. The minimum Gasteiger partial charge on any atom is -0.326 e. The predicted molar refractivity (Wildman–Crippen MR) is 71.6 cm³/mol. The highest BCUT2D eigenvalue weighted by atomic mass is 32.2. The van der Waals surface area contributed by atoms with E-state index in [4.69, 9.17) is 5.73 Å². The number of unbranched alkanes of at least 4 members (excludes halogenated alkanes) is 1. The van der Waals surface area contributed by atoms with Crippen LogP contribution in [0.3, 0.4) is 0 Å². The maximum absolute atomic E-state index is 6.18. The molecule has 1 rings (SSSR count). The fraction of sp³-hybridized carbons (Fsp3) is 0.750.